The van der Waals surface area contributed by atoms with Gasteiger partial charge in [-0.15, -0.1) is 0 Å². The Hall–Kier alpha value is -6.48. The predicted octanol–water partition coefficient (Wildman–Crippen LogP) is 15.8. The zero-order valence-electron chi connectivity index (χ0n) is 46.2. The molecule has 0 saturated heterocycles. The minimum atomic E-state index is 0.719. The number of rotatable bonds is 15. The molecule has 3 N–H and O–H groups in total. The third-order valence-corrected chi connectivity index (χ3v) is 11.5. The Balaban J connectivity index is 0.000000490. The van der Waals surface area contributed by atoms with Gasteiger partial charge < -0.3 is 44.4 Å². The van der Waals surface area contributed by atoms with Gasteiger partial charge in [-0.25, -0.2) is 0 Å². The SMILES string of the molecule is CC.CC.CC.COc1ccc(CNc2c(C)ccc(C)c2C)c(OC)c1.COc1ccc(CNc2cc(C)c(C)cc2C)c(OC)c1.COc1ccc(CNc2cc(C)cc(C)c2C)c(OC)c1. The van der Waals surface area contributed by atoms with Crippen LogP contribution in [0.2, 0.25) is 0 Å². The molecule has 6 aromatic carbocycles. The van der Waals surface area contributed by atoms with Gasteiger partial charge in [0.2, 0.25) is 0 Å². The van der Waals surface area contributed by atoms with E-state index in [-0.39, 0.29) is 0 Å². The summed E-state index contributed by atoms with van der Waals surface area (Å²) in [4.78, 5) is 0. The van der Waals surface area contributed by atoms with Crippen LogP contribution in [0.1, 0.15) is 108 Å². The summed E-state index contributed by atoms with van der Waals surface area (Å²) in [6.07, 6.45) is 0. The van der Waals surface area contributed by atoms with Crippen LogP contribution in [0.4, 0.5) is 17.1 Å². The quantitative estimate of drug-likeness (QED) is 0.0931. The molecule has 6 aromatic rings. The molecule has 0 unspecified atom stereocenters. The summed E-state index contributed by atoms with van der Waals surface area (Å²) >= 11 is 0. The maximum absolute atomic E-state index is 5.44. The fourth-order valence-corrected chi connectivity index (χ4v) is 7.16. The van der Waals surface area contributed by atoms with Gasteiger partial charge in [0.25, 0.3) is 0 Å². The number of methoxy groups -OCH3 is 6. The summed E-state index contributed by atoms with van der Waals surface area (Å²) in [5.74, 6) is 4.92. The van der Waals surface area contributed by atoms with Crippen LogP contribution in [0.15, 0.2) is 91.0 Å². The van der Waals surface area contributed by atoms with E-state index in [1.165, 1.54) is 61.4 Å². The molecular weight excluding hydrogens is 859 g/mol. The number of hydrogen-bond donors (Lipinski definition) is 3. The first-order chi connectivity index (χ1) is 33.2. The summed E-state index contributed by atoms with van der Waals surface area (Å²) in [7, 11) is 10.0. The van der Waals surface area contributed by atoms with E-state index >= 15 is 0 Å². The van der Waals surface area contributed by atoms with Gasteiger partial charge in [-0.1, -0.05) is 65.8 Å². The van der Waals surface area contributed by atoms with Gasteiger partial charge in [-0.3, -0.25) is 0 Å². The molecule has 9 nitrogen and oxygen atoms in total. The van der Waals surface area contributed by atoms with Crippen molar-refractivity contribution in [3.8, 4) is 34.5 Å². The highest BCUT2D eigenvalue weighted by Gasteiger charge is 2.11. The van der Waals surface area contributed by atoms with Crippen molar-refractivity contribution in [3.05, 3.63) is 158 Å². The standard InChI is InChI=1S/3C18H23NO2.3C2H6/c1-12-8-14(3)17(9-13(12)2)19-11-15-6-7-16(20-4)10-18(15)21-5;1-12-8-13(2)14(3)17(9-12)19-11-15-6-7-16(20-4)10-18(15)21-5;1-12-6-7-13(2)18(14(12)3)19-11-15-8-9-16(20-4)10-17(15)21-5;3*1-2/h3*6-10,19H,11H2,1-5H3;3*1-2H3. The molecule has 378 valence electrons. The number of nitrogens with one attached hydrogen (secondary N) is 3. The lowest BCUT2D eigenvalue weighted by molar-refractivity contribution is 0.391. The number of benzene rings is 6. The van der Waals surface area contributed by atoms with Crippen molar-refractivity contribution in [3.63, 3.8) is 0 Å². The Kier molecular flexibility index (Phi) is 28.3. The molecule has 0 bridgehead atoms. The summed E-state index contributed by atoms with van der Waals surface area (Å²) in [5, 5.41) is 10.5. The highest BCUT2D eigenvalue weighted by atomic mass is 16.5. The third kappa shape index (κ3) is 18.5. The van der Waals surface area contributed by atoms with Crippen LogP contribution in [0.25, 0.3) is 0 Å². The first-order valence-corrected chi connectivity index (χ1v) is 24.2. The van der Waals surface area contributed by atoms with Crippen LogP contribution in [-0.2, 0) is 19.6 Å². The van der Waals surface area contributed by atoms with Crippen molar-refractivity contribution < 1.29 is 28.4 Å². The fourth-order valence-electron chi connectivity index (χ4n) is 7.16. The van der Waals surface area contributed by atoms with E-state index in [1.54, 1.807) is 42.7 Å². The second kappa shape index (κ2) is 32.3. The number of anilines is 3. The molecule has 0 atom stereocenters. The van der Waals surface area contributed by atoms with Gasteiger partial charge in [0.05, 0.1) is 42.7 Å². The first kappa shape index (κ1) is 60.5. The second-order valence-corrected chi connectivity index (χ2v) is 15.8. The Morgan fingerprint density at radius 1 is 0.319 bits per heavy atom. The average molecular weight is 946 g/mol. The summed E-state index contributed by atoms with van der Waals surface area (Å²) < 4.78 is 32.0. The molecule has 0 aromatic heterocycles. The number of hydrogen-bond acceptors (Lipinski definition) is 9. The van der Waals surface area contributed by atoms with E-state index < -0.39 is 0 Å². The van der Waals surface area contributed by atoms with Gasteiger partial charge in [0, 0.05) is 71.6 Å². The maximum Gasteiger partial charge on any atom is 0.127 e. The Bertz CT molecular complexity index is 2440. The van der Waals surface area contributed by atoms with Crippen molar-refractivity contribution in [2.75, 3.05) is 58.6 Å². The molecular formula is C60H87N3O6. The van der Waals surface area contributed by atoms with E-state index in [1.807, 2.05) is 96.1 Å². The Morgan fingerprint density at radius 2 is 0.710 bits per heavy atom. The number of aryl methyl sites for hydroxylation is 7. The minimum Gasteiger partial charge on any atom is -0.497 e. The summed E-state index contributed by atoms with van der Waals surface area (Å²) in [6.45, 7) is 33.4. The van der Waals surface area contributed by atoms with Crippen molar-refractivity contribution in [1.29, 1.82) is 0 Å². The molecule has 0 spiro atoms. The molecule has 6 rings (SSSR count). The van der Waals surface area contributed by atoms with Crippen molar-refractivity contribution in [1.82, 2.24) is 0 Å². The van der Waals surface area contributed by atoms with E-state index in [9.17, 15) is 0 Å². The van der Waals surface area contributed by atoms with Gasteiger partial charge in [-0.05, 0) is 161 Å². The lowest BCUT2D eigenvalue weighted by Crippen LogP contribution is -2.05. The van der Waals surface area contributed by atoms with Crippen LogP contribution in [0.5, 0.6) is 34.5 Å². The van der Waals surface area contributed by atoms with Gasteiger partial charge >= 0.3 is 0 Å². The molecule has 0 aliphatic carbocycles. The van der Waals surface area contributed by atoms with Crippen LogP contribution in [0.3, 0.4) is 0 Å². The lowest BCUT2D eigenvalue weighted by Gasteiger charge is -2.16. The van der Waals surface area contributed by atoms with Gasteiger partial charge in [-0.2, -0.15) is 0 Å². The van der Waals surface area contributed by atoms with Crippen molar-refractivity contribution >= 4 is 17.1 Å². The third-order valence-electron chi connectivity index (χ3n) is 11.5. The molecule has 0 fully saturated rings. The molecule has 69 heavy (non-hydrogen) atoms. The Morgan fingerprint density at radius 3 is 1.13 bits per heavy atom. The van der Waals surface area contributed by atoms with Crippen molar-refractivity contribution in [2.24, 2.45) is 0 Å². The average Bonchev–Trinajstić information content (AvgIpc) is 3.38. The van der Waals surface area contributed by atoms with Crippen molar-refractivity contribution in [2.45, 2.75) is 123 Å². The molecule has 0 heterocycles. The van der Waals surface area contributed by atoms with E-state index in [2.05, 4.69) is 115 Å². The molecule has 0 radical (unpaired) electrons. The largest absolute Gasteiger partial charge is 0.497 e. The zero-order valence-corrected chi connectivity index (χ0v) is 46.2. The summed E-state index contributed by atoms with van der Waals surface area (Å²) in [6, 6.07) is 30.8. The van der Waals surface area contributed by atoms with Gasteiger partial charge in [0.1, 0.15) is 34.5 Å². The first-order valence-electron chi connectivity index (χ1n) is 24.2. The molecule has 9 heteroatoms. The van der Waals surface area contributed by atoms with E-state index in [0.29, 0.717) is 0 Å². The molecule has 0 amide bonds. The normalized spacial score (nSPS) is 9.70. The highest BCUT2D eigenvalue weighted by Crippen LogP contribution is 2.30. The molecule has 0 saturated carbocycles. The lowest BCUT2D eigenvalue weighted by atomic mass is 10.0. The fraction of sp³-hybridized carbons (Fsp3) is 0.400. The molecule has 0 aliphatic rings. The zero-order chi connectivity index (χ0) is 52.2. The topological polar surface area (TPSA) is 91.5 Å². The smallest absolute Gasteiger partial charge is 0.127 e. The van der Waals surface area contributed by atoms with E-state index in [4.69, 9.17) is 28.4 Å². The minimum absolute atomic E-state index is 0.719. The predicted molar refractivity (Wildman–Crippen MR) is 297 cm³/mol. The summed E-state index contributed by atoms with van der Waals surface area (Å²) in [5.41, 5.74) is 18.4. The van der Waals surface area contributed by atoms with Gasteiger partial charge in [0.15, 0.2) is 0 Å². The monoisotopic (exact) mass is 946 g/mol. The second-order valence-electron chi connectivity index (χ2n) is 15.8. The highest BCUT2D eigenvalue weighted by molar-refractivity contribution is 5.61. The van der Waals surface area contributed by atoms with Crippen LogP contribution in [0, 0.1) is 62.3 Å². The molecule has 0 aliphatic heterocycles. The number of ether oxygens (including phenoxy) is 6. The Labute approximate surface area is 418 Å². The van der Waals surface area contributed by atoms with E-state index in [0.717, 1.165) is 76.5 Å². The van der Waals surface area contributed by atoms with Crippen LogP contribution in [-0.4, -0.2) is 42.7 Å². The maximum atomic E-state index is 5.44. The van der Waals surface area contributed by atoms with Crippen LogP contribution < -0.4 is 44.4 Å². The van der Waals surface area contributed by atoms with Crippen LogP contribution >= 0.6 is 0 Å².